The summed E-state index contributed by atoms with van der Waals surface area (Å²) in [5.74, 6) is 0. The lowest BCUT2D eigenvalue weighted by Gasteiger charge is -2.38. The van der Waals surface area contributed by atoms with Gasteiger partial charge in [-0.2, -0.15) is 0 Å². The molecule has 1 saturated heterocycles. The molecule has 2 N–H and O–H groups in total. The summed E-state index contributed by atoms with van der Waals surface area (Å²) in [6, 6.07) is -0.538. The molecule has 0 unspecified atom stereocenters. The Hall–Kier alpha value is -0.810. The van der Waals surface area contributed by atoms with Crippen molar-refractivity contribution >= 4 is 6.09 Å². The lowest BCUT2D eigenvalue weighted by Crippen LogP contribution is -2.54. The van der Waals surface area contributed by atoms with E-state index in [1.54, 1.807) is 20.8 Å². The summed E-state index contributed by atoms with van der Waals surface area (Å²) in [7, 11) is 0. The number of likely N-dealkylation sites (tertiary alicyclic amines) is 1. The molecule has 94 valence electrons. The lowest BCUT2D eigenvalue weighted by molar-refractivity contribution is -0.0371. The number of aliphatic hydroxyl groups is 2. The highest BCUT2D eigenvalue weighted by molar-refractivity contribution is 5.68. The molecule has 0 aromatic rings. The van der Waals surface area contributed by atoms with E-state index in [0.717, 1.165) is 6.42 Å². The summed E-state index contributed by atoms with van der Waals surface area (Å²) < 4.78 is 5.22. The Balaban J connectivity index is 2.66. The number of piperidine rings is 1. The van der Waals surface area contributed by atoms with E-state index in [1.165, 1.54) is 4.90 Å². The van der Waals surface area contributed by atoms with Crippen molar-refractivity contribution in [1.29, 1.82) is 0 Å². The Morgan fingerprint density at radius 2 is 2.12 bits per heavy atom. The topological polar surface area (TPSA) is 70.0 Å². The zero-order valence-corrected chi connectivity index (χ0v) is 10.1. The van der Waals surface area contributed by atoms with E-state index in [9.17, 15) is 9.90 Å². The maximum atomic E-state index is 11.8. The molecule has 5 nitrogen and oxygen atoms in total. The monoisotopic (exact) mass is 231 g/mol. The predicted octanol–water partition coefficient (Wildman–Crippen LogP) is 0.739. The summed E-state index contributed by atoms with van der Waals surface area (Å²) >= 11 is 0. The highest BCUT2D eigenvalue weighted by Crippen LogP contribution is 2.20. The van der Waals surface area contributed by atoms with Crippen molar-refractivity contribution in [3.05, 3.63) is 0 Å². The largest absolute Gasteiger partial charge is 0.444 e. The number of amides is 1. The first-order valence-corrected chi connectivity index (χ1v) is 5.63. The van der Waals surface area contributed by atoms with Crippen LogP contribution in [0.25, 0.3) is 0 Å². The molecule has 1 amide bonds. The van der Waals surface area contributed by atoms with Crippen molar-refractivity contribution in [2.45, 2.75) is 51.4 Å². The molecule has 0 aromatic heterocycles. The van der Waals surface area contributed by atoms with Crippen LogP contribution in [-0.2, 0) is 4.74 Å². The molecule has 16 heavy (non-hydrogen) atoms. The molecule has 0 spiro atoms. The van der Waals surface area contributed by atoms with Gasteiger partial charge in [-0.25, -0.2) is 4.79 Å². The number of nitrogens with zero attached hydrogens (tertiary/aromatic N) is 1. The molecule has 0 bridgehead atoms. The fraction of sp³-hybridized carbons (Fsp3) is 0.909. The van der Waals surface area contributed by atoms with Gasteiger partial charge in [0.15, 0.2) is 0 Å². The molecule has 1 aliphatic rings. The van der Waals surface area contributed by atoms with Crippen LogP contribution in [0.2, 0.25) is 0 Å². The number of rotatable bonds is 1. The van der Waals surface area contributed by atoms with Gasteiger partial charge in [0.25, 0.3) is 0 Å². The first-order chi connectivity index (χ1) is 7.35. The van der Waals surface area contributed by atoms with Crippen LogP contribution in [0.3, 0.4) is 0 Å². The maximum Gasteiger partial charge on any atom is 0.410 e. The zero-order valence-electron chi connectivity index (χ0n) is 10.1. The minimum Gasteiger partial charge on any atom is -0.444 e. The SMILES string of the molecule is CC(C)(C)OC(=O)N1CCC[C@H](O)[C@@H]1CO. The molecule has 0 saturated carbocycles. The Bertz CT molecular complexity index is 249. The van der Waals surface area contributed by atoms with Gasteiger partial charge in [-0.05, 0) is 33.6 Å². The second-order valence-electron chi connectivity index (χ2n) is 5.13. The van der Waals surface area contributed by atoms with Gasteiger partial charge in [0.2, 0.25) is 0 Å². The molecule has 5 heteroatoms. The first kappa shape index (κ1) is 13.3. The van der Waals surface area contributed by atoms with Crippen molar-refractivity contribution in [3.8, 4) is 0 Å². The van der Waals surface area contributed by atoms with E-state index in [4.69, 9.17) is 9.84 Å². The minimum absolute atomic E-state index is 0.236. The van der Waals surface area contributed by atoms with Crippen molar-refractivity contribution < 1.29 is 19.7 Å². The van der Waals surface area contributed by atoms with E-state index >= 15 is 0 Å². The Labute approximate surface area is 96.0 Å². The molecule has 1 heterocycles. The van der Waals surface area contributed by atoms with Crippen molar-refractivity contribution in [2.24, 2.45) is 0 Å². The summed E-state index contributed by atoms with van der Waals surface area (Å²) in [5.41, 5.74) is -0.556. The minimum atomic E-state index is -0.661. The molecule has 2 atom stereocenters. The van der Waals surface area contributed by atoms with Gasteiger partial charge in [-0.1, -0.05) is 0 Å². The van der Waals surface area contributed by atoms with E-state index in [-0.39, 0.29) is 6.61 Å². The van der Waals surface area contributed by atoms with Crippen LogP contribution in [-0.4, -0.2) is 52.1 Å². The van der Waals surface area contributed by atoms with Gasteiger partial charge in [-0.3, -0.25) is 0 Å². The summed E-state index contributed by atoms with van der Waals surface area (Å²) in [6.07, 6.45) is 0.220. The third kappa shape index (κ3) is 3.35. The summed E-state index contributed by atoms with van der Waals surface area (Å²) in [4.78, 5) is 13.2. The normalized spacial score (nSPS) is 26.7. The van der Waals surface area contributed by atoms with Crippen molar-refractivity contribution in [2.75, 3.05) is 13.2 Å². The molecular formula is C11H21NO4. The summed E-state index contributed by atoms with van der Waals surface area (Å²) in [6.45, 7) is 5.66. The van der Waals surface area contributed by atoms with Gasteiger partial charge >= 0.3 is 6.09 Å². The van der Waals surface area contributed by atoms with Crippen LogP contribution in [0.5, 0.6) is 0 Å². The fourth-order valence-corrected chi connectivity index (χ4v) is 1.80. The molecule has 1 fully saturated rings. The Morgan fingerprint density at radius 1 is 1.50 bits per heavy atom. The molecule has 1 rings (SSSR count). The average molecular weight is 231 g/mol. The zero-order chi connectivity index (χ0) is 12.3. The fourth-order valence-electron chi connectivity index (χ4n) is 1.80. The molecular weight excluding hydrogens is 210 g/mol. The van der Waals surface area contributed by atoms with Crippen LogP contribution >= 0.6 is 0 Å². The second kappa shape index (κ2) is 5.01. The van der Waals surface area contributed by atoms with Gasteiger partial charge in [0, 0.05) is 6.54 Å². The second-order valence-corrected chi connectivity index (χ2v) is 5.13. The maximum absolute atomic E-state index is 11.8. The molecule has 0 radical (unpaired) electrons. The van der Waals surface area contributed by atoms with E-state index in [1.807, 2.05) is 0 Å². The van der Waals surface area contributed by atoms with Gasteiger partial charge < -0.3 is 19.8 Å². The van der Waals surface area contributed by atoms with Crippen molar-refractivity contribution in [3.63, 3.8) is 0 Å². The Kier molecular flexibility index (Phi) is 4.15. The van der Waals surface area contributed by atoms with E-state index < -0.39 is 23.8 Å². The standard InChI is InChI=1S/C11H21NO4/c1-11(2,3)16-10(15)12-6-4-5-9(14)8(12)7-13/h8-9,13-14H,4-7H2,1-3H3/t8-,9-/m0/s1. The summed E-state index contributed by atoms with van der Waals surface area (Å²) in [5, 5.41) is 18.8. The van der Waals surface area contributed by atoms with Gasteiger partial charge in [-0.15, -0.1) is 0 Å². The van der Waals surface area contributed by atoms with Crippen LogP contribution in [0.15, 0.2) is 0 Å². The quantitative estimate of drug-likeness (QED) is 0.698. The van der Waals surface area contributed by atoms with E-state index in [2.05, 4.69) is 0 Å². The van der Waals surface area contributed by atoms with E-state index in [0.29, 0.717) is 13.0 Å². The van der Waals surface area contributed by atoms with Crippen LogP contribution in [0.4, 0.5) is 4.79 Å². The molecule has 1 aliphatic heterocycles. The third-order valence-corrected chi connectivity index (χ3v) is 2.56. The number of hydrogen-bond donors (Lipinski definition) is 2. The van der Waals surface area contributed by atoms with Gasteiger partial charge in [0.1, 0.15) is 5.60 Å². The predicted molar refractivity (Wildman–Crippen MR) is 59.1 cm³/mol. The number of carbonyl (C=O) groups excluding carboxylic acids is 1. The smallest absolute Gasteiger partial charge is 0.410 e. The van der Waals surface area contributed by atoms with Crippen molar-refractivity contribution in [1.82, 2.24) is 4.90 Å². The van der Waals surface area contributed by atoms with Crippen LogP contribution in [0, 0.1) is 0 Å². The van der Waals surface area contributed by atoms with Gasteiger partial charge in [0.05, 0.1) is 18.8 Å². The third-order valence-electron chi connectivity index (χ3n) is 2.56. The molecule has 0 aromatic carbocycles. The van der Waals surface area contributed by atoms with Crippen LogP contribution in [0.1, 0.15) is 33.6 Å². The highest BCUT2D eigenvalue weighted by Gasteiger charge is 2.35. The Morgan fingerprint density at radius 3 is 2.62 bits per heavy atom. The van der Waals surface area contributed by atoms with Crippen LogP contribution < -0.4 is 0 Å². The highest BCUT2D eigenvalue weighted by atomic mass is 16.6. The number of aliphatic hydroxyl groups excluding tert-OH is 2. The number of carbonyl (C=O) groups is 1. The number of ether oxygens (including phenoxy) is 1. The molecule has 0 aliphatic carbocycles. The lowest BCUT2D eigenvalue weighted by atomic mass is 10.00. The average Bonchev–Trinajstić information content (AvgIpc) is 2.14. The first-order valence-electron chi connectivity index (χ1n) is 5.63. The number of hydrogen-bond acceptors (Lipinski definition) is 4.